The van der Waals surface area contributed by atoms with Gasteiger partial charge in [-0.05, 0) is 23.7 Å². The zero-order chi connectivity index (χ0) is 25.0. The number of nitrogens with one attached hydrogen (secondary N) is 2. The summed E-state index contributed by atoms with van der Waals surface area (Å²) in [6, 6.07) is 3.87. The Kier molecular flexibility index (Phi) is 6.53. The summed E-state index contributed by atoms with van der Waals surface area (Å²) in [4.78, 5) is 28.3. The number of carbonyl (C=O) groups excluding carboxylic acids is 1. The van der Waals surface area contributed by atoms with Crippen molar-refractivity contribution in [2.24, 2.45) is 0 Å². The van der Waals surface area contributed by atoms with Gasteiger partial charge in [-0.1, -0.05) is 6.07 Å². The van der Waals surface area contributed by atoms with Crippen LogP contribution in [0.4, 0.5) is 29.5 Å². The van der Waals surface area contributed by atoms with Crippen molar-refractivity contribution in [1.82, 2.24) is 25.2 Å². The maximum Gasteiger partial charge on any atom is 0.417 e. The normalized spacial score (nSPS) is 11.2. The molecule has 0 aliphatic carbocycles. The van der Waals surface area contributed by atoms with Gasteiger partial charge in [0.05, 0.1) is 30.3 Å². The molecule has 4 aromatic rings. The summed E-state index contributed by atoms with van der Waals surface area (Å²) in [5.41, 5.74) is 1.92. The monoisotopic (exact) mass is 487 g/mol. The molecule has 35 heavy (non-hydrogen) atoms. The lowest BCUT2D eigenvalue weighted by Gasteiger charge is -2.08. The molecular formula is C21H18F3N8O3+. The van der Waals surface area contributed by atoms with Gasteiger partial charge in [-0.3, -0.25) is 19.8 Å². The van der Waals surface area contributed by atoms with E-state index in [1.165, 1.54) is 18.0 Å². The van der Waals surface area contributed by atoms with Crippen LogP contribution < -0.4 is 20.1 Å². The van der Waals surface area contributed by atoms with Crippen LogP contribution >= 0.6 is 0 Å². The number of ether oxygens (including phenoxy) is 1. The van der Waals surface area contributed by atoms with Gasteiger partial charge >= 0.3 is 24.1 Å². The molecule has 180 valence electrons. The van der Waals surface area contributed by atoms with Crippen molar-refractivity contribution in [2.45, 2.75) is 19.6 Å². The average Bonchev–Trinajstić information content (AvgIpc) is 3.25. The van der Waals surface area contributed by atoms with Crippen LogP contribution in [0, 0.1) is 6.92 Å². The van der Waals surface area contributed by atoms with Crippen LogP contribution in [-0.2, 0) is 12.7 Å². The second-order valence-electron chi connectivity index (χ2n) is 7.20. The SMILES string of the molecule is COc1ncc(-c2ccc(C[n+]3cc(NC(=O)Nc4cncc(C(F)(F)F)c4)on3)nc2)c(C)n1. The van der Waals surface area contributed by atoms with E-state index in [0.717, 1.165) is 29.1 Å². The smallest absolute Gasteiger partial charge is 0.417 e. The number of aryl methyl sites for hydroxylation is 1. The standard InChI is InChI=1S/C21H17F3N8O3/c1-12-17(9-27-20(28-12)34-2)13-3-4-15(26-6-13)10-32-11-18(35-31-32)30-19(33)29-16-5-14(7-25-8-16)21(22,23)24/h3-9,11H,10H2,1-2H3,(H-,29,30,31,33)/p+1. The zero-order valence-corrected chi connectivity index (χ0v) is 18.4. The maximum absolute atomic E-state index is 12.8. The van der Waals surface area contributed by atoms with Crippen molar-refractivity contribution in [1.29, 1.82) is 0 Å². The molecule has 0 unspecified atom stereocenters. The number of nitrogens with zero attached hydrogens (tertiary/aromatic N) is 6. The van der Waals surface area contributed by atoms with Crippen LogP contribution in [0.1, 0.15) is 17.0 Å². The second-order valence-corrected chi connectivity index (χ2v) is 7.20. The molecule has 0 bridgehead atoms. The Labute approximate surface area is 196 Å². The first-order valence-electron chi connectivity index (χ1n) is 10.0. The number of carbonyl (C=O) groups is 1. The molecule has 4 heterocycles. The van der Waals surface area contributed by atoms with Gasteiger partial charge in [0.2, 0.25) is 11.8 Å². The Balaban J connectivity index is 1.36. The number of amides is 2. The third-order valence-corrected chi connectivity index (χ3v) is 4.67. The summed E-state index contributed by atoms with van der Waals surface area (Å²) in [5.74, 6) is -0.0231. The minimum absolute atomic E-state index is 0.0231. The van der Waals surface area contributed by atoms with E-state index in [0.29, 0.717) is 11.9 Å². The number of aromatic nitrogens is 6. The van der Waals surface area contributed by atoms with E-state index < -0.39 is 17.8 Å². The van der Waals surface area contributed by atoms with Gasteiger partial charge in [0, 0.05) is 29.7 Å². The largest absolute Gasteiger partial charge is 0.467 e. The summed E-state index contributed by atoms with van der Waals surface area (Å²) in [7, 11) is 1.49. The van der Waals surface area contributed by atoms with Gasteiger partial charge in [-0.15, -0.1) is 0 Å². The van der Waals surface area contributed by atoms with Crippen molar-refractivity contribution in [3.8, 4) is 17.1 Å². The molecule has 0 radical (unpaired) electrons. The second kappa shape index (κ2) is 9.70. The number of hydrogen-bond donors (Lipinski definition) is 2. The summed E-state index contributed by atoms with van der Waals surface area (Å²) in [5, 5.41) is 8.40. The molecule has 14 heteroatoms. The lowest BCUT2D eigenvalue weighted by atomic mass is 10.1. The van der Waals surface area contributed by atoms with Gasteiger partial charge in [0.1, 0.15) is 5.69 Å². The first-order chi connectivity index (χ1) is 16.7. The van der Waals surface area contributed by atoms with Crippen LogP contribution in [-0.4, -0.2) is 38.3 Å². The van der Waals surface area contributed by atoms with Gasteiger partial charge in [0.25, 0.3) is 6.20 Å². The highest BCUT2D eigenvalue weighted by Crippen LogP contribution is 2.30. The fourth-order valence-corrected chi connectivity index (χ4v) is 3.02. The molecule has 0 aliphatic heterocycles. The Hall–Kier alpha value is -4.62. The lowest BCUT2D eigenvalue weighted by molar-refractivity contribution is -0.755. The van der Waals surface area contributed by atoms with Crippen molar-refractivity contribution < 1.29 is 31.9 Å². The molecule has 4 rings (SSSR count). The highest BCUT2D eigenvalue weighted by molar-refractivity contribution is 5.98. The van der Waals surface area contributed by atoms with E-state index in [2.05, 4.69) is 35.8 Å². The number of methoxy groups -OCH3 is 1. The van der Waals surface area contributed by atoms with E-state index in [1.54, 1.807) is 18.5 Å². The first-order valence-corrected chi connectivity index (χ1v) is 10.0. The number of pyridine rings is 2. The molecule has 2 N–H and O–H groups in total. The quantitative estimate of drug-likeness (QED) is 0.396. The Morgan fingerprint density at radius 3 is 2.66 bits per heavy atom. The molecule has 0 spiro atoms. The third kappa shape index (κ3) is 5.85. The third-order valence-electron chi connectivity index (χ3n) is 4.67. The van der Waals surface area contributed by atoms with E-state index in [4.69, 9.17) is 9.26 Å². The summed E-state index contributed by atoms with van der Waals surface area (Å²) < 4.78 is 49.8. The molecule has 0 saturated heterocycles. The predicted octanol–water partition coefficient (Wildman–Crippen LogP) is 3.24. The van der Waals surface area contributed by atoms with E-state index in [9.17, 15) is 18.0 Å². The molecule has 4 aromatic heterocycles. The maximum atomic E-state index is 12.8. The molecule has 0 atom stereocenters. The van der Waals surface area contributed by atoms with Crippen LogP contribution in [0.25, 0.3) is 11.1 Å². The summed E-state index contributed by atoms with van der Waals surface area (Å²) in [6.07, 6.45) is 1.90. The summed E-state index contributed by atoms with van der Waals surface area (Å²) >= 11 is 0. The number of urea groups is 1. The Morgan fingerprint density at radius 2 is 1.97 bits per heavy atom. The van der Waals surface area contributed by atoms with Crippen LogP contribution in [0.5, 0.6) is 6.01 Å². The average molecular weight is 487 g/mol. The fraction of sp³-hybridized carbons (Fsp3) is 0.190. The predicted molar refractivity (Wildman–Crippen MR) is 114 cm³/mol. The topological polar surface area (TPSA) is 132 Å². The molecule has 0 fully saturated rings. The highest BCUT2D eigenvalue weighted by atomic mass is 19.4. The van der Waals surface area contributed by atoms with Crippen molar-refractivity contribution >= 4 is 17.6 Å². The van der Waals surface area contributed by atoms with Crippen molar-refractivity contribution in [3.05, 3.63) is 66.1 Å². The van der Waals surface area contributed by atoms with E-state index >= 15 is 0 Å². The number of anilines is 2. The van der Waals surface area contributed by atoms with Gasteiger partial charge in [-0.25, -0.2) is 9.78 Å². The minimum atomic E-state index is -4.58. The van der Waals surface area contributed by atoms with E-state index in [1.807, 2.05) is 13.0 Å². The molecule has 0 aromatic carbocycles. The number of rotatable bonds is 6. The highest BCUT2D eigenvalue weighted by Gasteiger charge is 2.31. The molecule has 0 saturated carbocycles. The number of hydrogen-bond acceptors (Lipinski definition) is 8. The van der Waals surface area contributed by atoms with Gasteiger partial charge < -0.3 is 10.1 Å². The van der Waals surface area contributed by atoms with Crippen LogP contribution in [0.3, 0.4) is 0 Å². The first kappa shape index (κ1) is 23.5. The number of halogens is 3. The van der Waals surface area contributed by atoms with Crippen LogP contribution in [0.15, 0.2) is 53.7 Å². The van der Waals surface area contributed by atoms with Crippen molar-refractivity contribution in [2.75, 3.05) is 17.7 Å². The molecule has 2 amide bonds. The number of alkyl halides is 3. The lowest BCUT2D eigenvalue weighted by Crippen LogP contribution is -2.35. The van der Waals surface area contributed by atoms with Gasteiger partial charge in [0.15, 0.2) is 0 Å². The fourth-order valence-electron chi connectivity index (χ4n) is 3.02. The zero-order valence-electron chi connectivity index (χ0n) is 18.4. The van der Waals surface area contributed by atoms with Crippen molar-refractivity contribution in [3.63, 3.8) is 0 Å². The summed E-state index contributed by atoms with van der Waals surface area (Å²) in [6.45, 7) is 2.08. The van der Waals surface area contributed by atoms with E-state index in [-0.39, 0.29) is 24.1 Å². The minimum Gasteiger partial charge on any atom is -0.467 e. The van der Waals surface area contributed by atoms with Gasteiger partial charge in [-0.2, -0.15) is 18.2 Å². The van der Waals surface area contributed by atoms with Crippen LogP contribution in [0.2, 0.25) is 0 Å². The Morgan fingerprint density at radius 1 is 1.14 bits per heavy atom. The molecule has 11 nitrogen and oxygen atoms in total. The molecule has 0 aliphatic rings. The molecular weight excluding hydrogens is 469 g/mol. The Bertz CT molecular complexity index is 1340.